The second kappa shape index (κ2) is 14.3. The summed E-state index contributed by atoms with van der Waals surface area (Å²) in [6, 6.07) is 0. The van der Waals surface area contributed by atoms with E-state index in [0.717, 1.165) is 0 Å². The molecular formula is C6H11FeNa3O7. The smallest absolute Gasteiger partial charge is 1.00 e. The molecule has 0 fully saturated rings. The second-order valence-electron chi connectivity index (χ2n) is 2.48. The first-order valence-corrected chi connectivity index (χ1v) is 3.17. The standard InChI is InChI=1S/C6H8O7.Fe.3Na.3H/c7-3(8)1-6(13,5(11)12)2-4(9)10;;;;;;;/h13H,1-2H2,(H,7,8)(H,9,10)(H,11,12);;;;;;;/q;;3*+1;3*-1. The fraction of sp³-hybridized carbons (Fsp3) is 0.500. The van der Waals surface area contributed by atoms with Crippen LogP contribution in [0, 0.1) is 0 Å². The van der Waals surface area contributed by atoms with Crippen molar-refractivity contribution >= 4 is 17.9 Å². The number of aliphatic carboxylic acids is 3. The molecule has 0 aromatic heterocycles. The summed E-state index contributed by atoms with van der Waals surface area (Å²) in [7, 11) is 0. The molecule has 88 valence electrons. The zero-order chi connectivity index (χ0) is 10.6. The van der Waals surface area contributed by atoms with Gasteiger partial charge in [0.2, 0.25) is 0 Å². The van der Waals surface area contributed by atoms with Gasteiger partial charge in [-0.05, 0) is 0 Å². The van der Waals surface area contributed by atoms with Gasteiger partial charge in [-0.3, -0.25) is 9.59 Å². The van der Waals surface area contributed by atoms with E-state index in [9.17, 15) is 14.4 Å². The third-order valence-corrected chi connectivity index (χ3v) is 1.29. The summed E-state index contributed by atoms with van der Waals surface area (Å²) in [5, 5.41) is 33.8. The Kier molecular flexibility index (Phi) is 26.4. The Bertz CT molecular complexity index is 256. The van der Waals surface area contributed by atoms with Crippen molar-refractivity contribution in [2.24, 2.45) is 0 Å². The van der Waals surface area contributed by atoms with Crippen LogP contribution in [0.1, 0.15) is 17.1 Å². The van der Waals surface area contributed by atoms with E-state index in [0.29, 0.717) is 0 Å². The molecule has 0 rings (SSSR count). The maximum atomic E-state index is 10.3. The molecule has 0 atom stereocenters. The molecule has 0 saturated heterocycles. The Morgan fingerprint density at radius 1 is 0.882 bits per heavy atom. The molecule has 7 nitrogen and oxygen atoms in total. The molecule has 4 N–H and O–H groups in total. The molecule has 11 heteroatoms. The normalized spacial score (nSPS) is 8.29. The summed E-state index contributed by atoms with van der Waals surface area (Å²) in [5.74, 6) is -5.02. The van der Waals surface area contributed by atoms with E-state index in [1.165, 1.54) is 0 Å². The predicted octanol–water partition coefficient (Wildman–Crippen LogP) is -9.90. The summed E-state index contributed by atoms with van der Waals surface area (Å²) < 4.78 is 0. The van der Waals surface area contributed by atoms with Gasteiger partial charge in [0.25, 0.3) is 0 Å². The number of hydrogen-bond donors (Lipinski definition) is 4. The van der Waals surface area contributed by atoms with Crippen LogP contribution in [0.4, 0.5) is 0 Å². The minimum absolute atomic E-state index is 0. The first kappa shape index (κ1) is 31.3. The maximum Gasteiger partial charge on any atom is 1.00 e. The van der Waals surface area contributed by atoms with Gasteiger partial charge in [0.15, 0.2) is 5.60 Å². The molecule has 0 bridgehead atoms. The van der Waals surface area contributed by atoms with Crippen molar-refractivity contribution in [2.45, 2.75) is 18.4 Å². The first-order valence-electron chi connectivity index (χ1n) is 3.17. The van der Waals surface area contributed by atoms with Crippen molar-refractivity contribution in [3.63, 3.8) is 0 Å². The minimum Gasteiger partial charge on any atom is -1.00 e. The molecule has 0 spiro atoms. The van der Waals surface area contributed by atoms with Crippen molar-refractivity contribution in [3.8, 4) is 0 Å². The van der Waals surface area contributed by atoms with Crippen LogP contribution in [0.15, 0.2) is 0 Å². The van der Waals surface area contributed by atoms with Gasteiger partial charge in [-0.2, -0.15) is 0 Å². The zero-order valence-corrected chi connectivity index (χ0v) is 16.9. The van der Waals surface area contributed by atoms with Crippen molar-refractivity contribution in [3.05, 3.63) is 0 Å². The molecule has 0 aliphatic rings. The summed E-state index contributed by atoms with van der Waals surface area (Å²) >= 11 is 0. The van der Waals surface area contributed by atoms with Crippen molar-refractivity contribution < 1.29 is 145 Å². The molecule has 0 aliphatic carbocycles. The molecule has 17 heavy (non-hydrogen) atoms. The molecule has 0 saturated carbocycles. The molecule has 0 aliphatic heterocycles. The molecule has 0 amide bonds. The number of hydrogen-bond acceptors (Lipinski definition) is 4. The monoisotopic (exact) mass is 320 g/mol. The van der Waals surface area contributed by atoms with E-state index in [4.69, 9.17) is 20.4 Å². The summed E-state index contributed by atoms with van der Waals surface area (Å²) in [4.78, 5) is 30.5. The van der Waals surface area contributed by atoms with E-state index in [-0.39, 0.29) is 110 Å². The quantitative estimate of drug-likeness (QED) is 0.370. The third-order valence-electron chi connectivity index (χ3n) is 1.29. The third kappa shape index (κ3) is 14.1. The summed E-state index contributed by atoms with van der Waals surface area (Å²) in [6.45, 7) is 0. The molecule has 0 radical (unpaired) electrons. The van der Waals surface area contributed by atoms with Crippen LogP contribution in [0.25, 0.3) is 0 Å². The molecule has 0 unspecified atom stereocenters. The van der Waals surface area contributed by atoms with Crippen molar-refractivity contribution in [2.75, 3.05) is 0 Å². The van der Waals surface area contributed by atoms with Gasteiger partial charge in [-0.1, -0.05) is 0 Å². The Hall–Kier alpha value is 1.89. The SMILES string of the molecule is O=C(O)CC(O)(CC(=O)O)C(=O)O.[Fe].[H-].[H-].[H-].[Na+].[Na+].[Na+]. The Morgan fingerprint density at radius 2 is 1.12 bits per heavy atom. The van der Waals surface area contributed by atoms with Gasteiger partial charge in [-0.25, -0.2) is 4.79 Å². The zero-order valence-electron chi connectivity index (χ0n) is 12.8. The maximum absolute atomic E-state index is 10.3. The van der Waals surface area contributed by atoms with Crippen LogP contribution in [0.2, 0.25) is 0 Å². The first-order chi connectivity index (χ1) is 5.78. The van der Waals surface area contributed by atoms with Crippen LogP contribution < -0.4 is 88.7 Å². The van der Waals surface area contributed by atoms with Crippen molar-refractivity contribution in [1.29, 1.82) is 0 Å². The topological polar surface area (TPSA) is 132 Å². The van der Waals surface area contributed by atoms with Crippen LogP contribution in [-0.4, -0.2) is 43.9 Å². The van der Waals surface area contributed by atoms with E-state index in [2.05, 4.69) is 0 Å². The number of carbonyl (C=O) groups is 3. The number of rotatable bonds is 5. The number of aliphatic hydroxyl groups is 1. The van der Waals surface area contributed by atoms with Gasteiger partial charge in [0, 0.05) is 17.1 Å². The average molecular weight is 320 g/mol. The van der Waals surface area contributed by atoms with Gasteiger partial charge in [0.05, 0.1) is 12.8 Å². The Balaban J connectivity index is -0.0000000343. The van der Waals surface area contributed by atoms with Crippen LogP contribution in [0.3, 0.4) is 0 Å². The van der Waals surface area contributed by atoms with E-state index in [1.807, 2.05) is 0 Å². The molecule has 0 heterocycles. The van der Waals surface area contributed by atoms with Crippen LogP contribution in [-0.2, 0) is 31.5 Å². The van der Waals surface area contributed by atoms with Crippen LogP contribution in [0.5, 0.6) is 0 Å². The second-order valence-corrected chi connectivity index (χ2v) is 2.48. The fourth-order valence-corrected chi connectivity index (χ4v) is 0.714. The Labute approximate surface area is 179 Å². The van der Waals surface area contributed by atoms with Gasteiger partial charge >= 0.3 is 107 Å². The molecule has 0 aromatic carbocycles. The molecule has 0 aromatic rings. The fourth-order valence-electron chi connectivity index (χ4n) is 0.714. The van der Waals surface area contributed by atoms with Crippen LogP contribution >= 0.6 is 0 Å². The number of carboxylic acids is 3. The summed E-state index contributed by atoms with van der Waals surface area (Å²) in [5.41, 5.74) is -2.74. The van der Waals surface area contributed by atoms with Gasteiger partial charge in [0.1, 0.15) is 0 Å². The minimum atomic E-state index is -2.74. The van der Waals surface area contributed by atoms with Crippen molar-refractivity contribution in [1.82, 2.24) is 0 Å². The summed E-state index contributed by atoms with van der Waals surface area (Å²) in [6.07, 6.45) is -2.29. The number of carboxylic acid groups (broad SMARTS) is 3. The van der Waals surface area contributed by atoms with Gasteiger partial charge < -0.3 is 24.7 Å². The predicted molar refractivity (Wildman–Crippen MR) is 40.4 cm³/mol. The van der Waals surface area contributed by atoms with E-state index >= 15 is 0 Å². The van der Waals surface area contributed by atoms with Gasteiger partial charge in [-0.15, -0.1) is 0 Å². The van der Waals surface area contributed by atoms with E-state index in [1.54, 1.807) is 0 Å². The van der Waals surface area contributed by atoms with E-state index < -0.39 is 36.4 Å². The largest absolute Gasteiger partial charge is 1.00 e. The average Bonchev–Trinajstić information content (AvgIpc) is 1.82. The molecular weight excluding hydrogens is 309 g/mol. The Morgan fingerprint density at radius 3 is 1.24 bits per heavy atom.